The largest absolute Gasteiger partial charge is 0.461 e. The lowest BCUT2D eigenvalue weighted by Crippen LogP contribution is -2.47. The minimum atomic E-state index is -4.09. The summed E-state index contributed by atoms with van der Waals surface area (Å²) in [6.07, 6.45) is 6.41. The van der Waals surface area contributed by atoms with E-state index in [4.69, 9.17) is 0 Å². The first kappa shape index (κ1) is 15.9. The summed E-state index contributed by atoms with van der Waals surface area (Å²) in [5.41, 5.74) is 0. The predicted octanol–water partition coefficient (Wildman–Crippen LogP) is 2.27. The standard InChI is InChI=1S/C13H21F2NO3/c1-2-19-12(18)13(14,15)11(17)16-9-8-10-6-4-3-5-7-10/h10H,2-9H2,1H3,(H,16,17). The van der Waals surface area contributed by atoms with Crippen molar-refractivity contribution >= 4 is 11.9 Å². The maximum atomic E-state index is 13.3. The van der Waals surface area contributed by atoms with Crippen LogP contribution in [0.5, 0.6) is 0 Å². The van der Waals surface area contributed by atoms with Gasteiger partial charge in [0.1, 0.15) is 0 Å². The second-order valence-corrected chi connectivity index (χ2v) is 4.84. The molecule has 110 valence electrons. The van der Waals surface area contributed by atoms with Crippen LogP contribution in [0.2, 0.25) is 0 Å². The van der Waals surface area contributed by atoms with Crippen molar-refractivity contribution in [3.05, 3.63) is 0 Å². The highest BCUT2D eigenvalue weighted by molar-refractivity contribution is 6.04. The molecule has 1 saturated carbocycles. The summed E-state index contributed by atoms with van der Waals surface area (Å²) < 4.78 is 30.7. The Labute approximate surface area is 111 Å². The van der Waals surface area contributed by atoms with Crippen LogP contribution in [-0.4, -0.2) is 31.0 Å². The van der Waals surface area contributed by atoms with Crippen molar-refractivity contribution in [2.24, 2.45) is 5.92 Å². The fraction of sp³-hybridized carbons (Fsp3) is 0.846. The second-order valence-electron chi connectivity index (χ2n) is 4.84. The number of amides is 1. The molecule has 1 amide bonds. The van der Waals surface area contributed by atoms with Crippen molar-refractivity contribution in [2.75, 3.05) is 13.2 Å². The fourth-order valence-corrected chi connectivity index (χ4v) is 2.29. The number of ether oxygens (including phenoxy) is 1. The number of alkyl halides is 2. The minimum absolute atomic E-state index is 0.177. The summed E-state index contributed by atoms with van der Waals surface area (Å²) in [5.74, 6) is -6.96. The third-order valence-electron chi connectivity index (χ3n) is 3.38. The number of rotatable bonds is 6. The van der Waals surface area contributed by atoms with E-state index in [1.54, 1.807) is 0 Å². The molecule has 1 rings (SSSR count). The zero-order valence-electron chi connectivity index (χ0n) is 11.2. The molecule has 0 atom stereocenters. The van der Waals surface area contributed by atoms with Crippen molar-refractivity contribution < 1.29 is 23.1 Å². The molecule has 0 spiro atoms. The molecule has 1 aliphatic carbocycles. The fourth-order valence-electron chi connectivity index (χ4n) is 2.29. The molecule has 0 aromatic rings. The summed E-state index contributed by atoms with van der Waals surface area (Å²) in [7, 11) is 0. The van der Waals surface area contributed by atoms with Crippen LogP contribution in [0.15, 0.2) is 0 Å². The zero-order chi connectivity index (χ0) is 14.3. The molecule has 0 unspecified atom stereocenters. The monoisotopic (exact) mass is 277 g/mol. The van der Waals surface area contributed by atoms with E-state index in [0.717, 1.165) is 25.7 Å². The number of hydrogen-bond acceptors (Lipinski definition) is 3. The summed E-state index contributed by atoms with van der Waals surface area (Å²) in [4.78, 5) is 22.2. The van der Waals surface area contributed by atoms with E-state index in [9.17, 15) is 18.4 Å². The van der Waals surface area contributed by atoms with Crippen molar-refractivity contribution in [2.45, 2.75) is 51.4 Å². The van der Waals surface area contributed by atoms with E-state index < -0.39 is 17.8 Å². The second kappa shape index (κ2) is 7.40. The SMILES string of the molecule is CCOC(=O)C(F)(F)C(=O)NCCC1CCCCC1. The first-order chi connectivity index (χ1) is 8.98. The van der Waals surface area contributed by atoms with Gasteiger partial charge in [-0.3, -0.25) is 4.79 Å². The number of carbonyl (C=O) groups excluding carboxylic acids is 2. The Morgan fingerprint density at radius 1 is 1.26 bits per heavy atom. The van der Waals surface area contributed by atoms with Crippen LogP contribution in [0.4, 0.5) is 8.78 Å². The maximum absolute atomic E-state index is 13.3. The first-order valence-electron chi connectivity index (χ1n) is 6.81. The Kier molecular flexibility index (Phi) is 6.18. The van der Waals surface area contributed by atoms with Crippen LogP contribution in [0, 0.1) is 5.92 Å². The smallest absolute Gasteiger partial charge is 0.418 e. The van der Waals surface area contributed by atoms with Crippen molar-refractivity contribution in [1.29, 1.82) is 0 Å². The van der Waals surface area contributed by atoms with E-state index in [1.807, 2.05) is 0 Å². The Bertz CT molecular complexity index is 315. The third-order valence-corrected chi connectivity index (χ3v) is 3.38. The van der Waals surface area contributed by atoms with Gasteiger partial charge in [0.05, 0.1) is 6.61 Å². The van der Waals surface area contributed by atoms with Crippen LogP contribution < -0.4 is 5.32 Å². The average molecular weight is 277 g/mol. The van der Waals surface area contributed by atoms with Gasteiger partial charge in [-0.2, -0.15) is 8.78 Å². The summed E-state index contributed by atoms with van der Waals surface area (Å²) >= 11 is 0. The van der Waals surface area contributed by atoms with Crippen molar-refractivity contribution in [1.82, 2.24) is 5.32 Å². The lowest BCUT2D eigenvalue weighted by atomic mass is 9.87. The van der Waals surface area contributed by atoms with Gasteiger partial charge in [-0.15, -0.1) is 0 Å². The van der Waals surface area contributed by atoms with Crippen LogP contribution in [0.3, 0.4) is 0 Å². The Morgan fingerprint density at radius 3 is 2.47 bits per heavy atom. The first-order valence-corrected chi connectivity index (χ1v) is 6.81. The van der Waals surface area contributed by atoms with Crippen LogP contribution >= 0.6 is 0 Å². The summed E-state index contributed by atoms with van der Waals surface area (Å²) in [6.45, 7) is 1.41. The molecule has 0 aromatic heterocycles. The van der Waals surface area contributed by atoms with E-state index in [0.29, 0.717) is 12.3 Å². The van der Waals surface area contributed by atoms with E-state index in [2.05, 4.69) is 10.1 Å². The summed E-state index contributed by atoms with van der Waals surface area (Å²) in [6, 6.07) is 0. The normalized spacial score (nSPS) is 17.0. The van der Waals surface area contributed by atoms with Gasteiger partial charge in [0, 0.05) is 6.54 Å². The van der Waals surface area contributed by atoms with Gasteiger partial charge in [0.2, 0.25) is 0 Å². The zero-order valence-corrected chi connectivity index (χ0v) is 11.2. The van der Waals surface area contributed by atoms with Gasteiger partial charge in [-0.25, -0.2) is 4.79 Å². The average Bonchev–Trinajstić information content (AvgIpc) is 2.40. The summed E-state index contributed by atoms with van der Waals surface area (Å²) in [5, 5.41) is 2.12. The van der Waals surface area contributed by atoms with E-state index in [1.165, 1.54) is 13.3 Å². The molecule has 0 bridgehead atoms. The molecule has 0 saturated heterocycles. The number of nitrogens with one attached hydrogen (secondary N) is 1. The topological polar surface area (TPSA) is 55.4 Å². The lowest BCUT2D eigenvalue weighted by Gasteiger charge is -2.22. The number of carbonyl (C=O) groups is 2. The van der Waals surface area contributed by atoms with Gasteiger partial charge >= 0.3 is 17.8 Å². The molecule has 19 heavy (non-hydrogen) atoms. The Hall–Kier alpha value is -1.20. The molecule has 0 heterocycles. The van der Waals surface area contributed by atoms with Crippen LogP contribution in [0.1, 0.15) is 45.4 Å². The molecule has 0 aliphatic heterocycles. The van der Waals surface area contributed by atoms with Crippen LogP contribution in [-0.2, 0) is 14.3 Å². The Morgan fingerprint density at radius 2 is 1.89 bits per heavy atom. The highest BCUT2D eigenvalue weighted by Crippen LogP contribution is 2.25. The molecule has 0 radical (unpaired) electrons. The third kappa shape index (κ3) is 4.76. The van der Waals surface area contributed by atoms with Gasteiger partial charge < -0.3 is 10.1 Å². The van der Waals surface area contributed by atoms with Crippen molar-refractivity contribution in [3.8, 4) is 0 Å². The molecular formula is C13H21F2NO3. The molecule has 1 fully saturated rings. The quantitative estimate of drug-likeness (QED) is 0.598. The van der Waals surface area contributed by atoms with E-state index in [-0.39, 0.29) is 13.2 Å². The number of halogens is 2. The molecular weight excluding hydrogens is 256 g/mol. The Balaban J connectivity index is 2.31. The highest BCUT2D eigenvalue weighted by Gasteiger charge is 2.48. The minimum Gasteiger partial charge on any atom is -0.461 e. The highest BCUT2D eigenvalue weighted by atomic mass is 19.3. The number of esters is 1. The lowest BCUT2D eigenvalue weighted by molar-refractivity contribution is -0.177. The molecule has 4 nitrogen and oxygen atoms in total. The molecule has 6 heteroatoms. The van der Waals surface area contributed by atoms with Crippen LogP contribution in [0.25, 0.3) is 0 Å². The van der Waals surface area contributed by atoms with Gasteiger partial charge in [-0.1, -0.05) is 32.1 Å². The predicted molar refractivity (Wildman–Crippen MR) is 65.8 cm³/mol. The molecule has 1 N–H and O–H groups in total. The maximum Gasteiger partial charge on any atom is 0.418 e. The number of hydrogen-bond donors (Lipinski definition) is 1. The van der Waals surface area contributed by atoms with Gasteiger partial charge in [0.15, 0.2) is 0 Å². The van der Waals surface area contributed by atoms with E-state index >= 15 is 0 Å². The molecule has 1 aliphatic rings. The van der Waals surface area contributed by atoms with Crippen molar-refractivity contribution in [3.63, 3.8) is 0 Å². The molecule has 0 aromatic carbocycles. The van der Waals surface area contributed by atoms with Gasteiger partial charge in [0.25, 0.3) is 0 Å². The van der Waals surface area contributed by atoms with Gasteiger partial charge in [-0.05, 0) is 19.3 Å².